The topological polar surface area (TPSA) is 122 Å². The van der Waals surface area contributed by atoms with Crippen molar-refractivity contribution in [2.24, 2.45) is 5.92 Å². The molecule has 2 aromatic carbocycles. The lowest BCUT2D eigenvalue weighted by molar-refractivity contribution is -0.119. The molecule has 0 unspecified atom stereocenters. The quantitative estimate of drug-likeness (QED) is 0.583. The van der Waals surface area contributed by atoms with Crippen LogP contribution in [0.5, 0.6) is 5.75 Å². The number of carbonyl (C=O) groups excluding carboxylic acids is 1. The highest BCUT2D eigenvalue weighted by atomic mass is 32.2. The summed E-state index contributed by atoms with van der Waals surface area (Å²) in [5, 5.41) is 0. The molecule has 1 amide bonds. The highest BCUT2D eigenvalue weighted by Crippen LogP contribution is 2.37. The molecule has 0 radical (unpaired) electrons. The first-order valence-electron chi connectivity index (χ1n) is 10.7. The minimum absolute atomic E-state index is 0.00941. The third-order valence-electron chi connectivity index (χ3n) is 5.57. The number of hydrogen-bond donors (Lipinski definition) is 2. The van der Waals surface area contributed by atoms with Crippen LogP contribution in [0.15, 0.2) is 46.2 Å². The van der Waals surface area contributed by atoms with Crippen LogP contribution in [0.1, 0.15) is 32.3 Å². The van der Waals surface area contributed by atoms with E-state index in [1.807, 2.05) is 0 Å². The standard InChI is InChI=1S/C22H27N3O6S2/c1-14(2)23-32(27,28)18-7-9-21(31-3)19(13-18)24-33(29,30)17-6-8-20-16(12-17)10-11-25(20)22(26)15-4-5-15/h6-9,12-15,23-24H,4-5,10-11H2,1-3H3. The van der Waals surface area contributed by atoms with Gasteiger partial charge in [0.1, 0.15) is 5.75 Å². The molecule has 1 heterocycles. The molecule has 9 nitrogen and oxygen atoms in total. The van der Waals surface area contributed by atoms with Crippen molar-refractivity contribution >= 4 is 37.3 Å². The maximum Gasteiger partial charge on any atom is 0.262 e. The van der Waals surface area contributed by atoms with Gasteiger partial charge in [0.2, 0.25) is 15.9 Å². The van der Waals surface area contributed by atoms with Crippen LogP contribution in [0.2, 0.25) is 0 Å². The molecule has 0 saturated heterocycles. The van der Waals surface area contributed by atoms with Crippen LogP contribution < -0.4 is 19.1 Å². The maximum atomic E-state index is 13.1. The molecular formula is C22H27N3O6S2. The van der Waals surface area contributed by atoms with E-state index < -0.39 is 20.0 Å². The summed E-state index contributed by atoms with van der Waals surface area (Å²) in [7, 11) is -6.50. The lowest BCUT2D eigenvalue weighted by atomic mass is 10.2. The number of nitrogens with one attached hydrogen (secondary N) is 2. The van der Waals surface area contributed by atoms with Crippen molar-refractivity contribution in [1.29, 1.82) is 0 Å². The smallest absolute Gasteiger partial charge is 0.262 e. The minimum Gasteiger partial charge on any atom is -0.495 e. The molecule has 2 N–H and O–H groups in total. The van der Waals surface area contributed by atoms with Crippen LogP contribution in [-0.4, -0.2) is 42.4 Å². The number of nitrogens with zero attached hydrogens (tertiary/aromatic N) is 1. The summed E-state index contributed by atoms with van der Waals surface area (Å²) in [6.45, 7) is 3.92. The first-order chi connectivity index (χ1) is 15.5. The number of ether oxygens (including phenoxy) is 1. The van der Waals surface area contributed by atoms with Gasteiger partial charge in [-0.05, 0) is 75.1 Å². The molecule has 11 heteroatoms. The Morgan fingerprint density at radius 3 is 2.33 bits per heavy atom. The van der Waals surface area contributed by atoms with E-state index in [0.717, 1.165) is 24.1 Å². The monoisotopic (exact) mass is 493 g/mol. The van der Waals surface area contributed by atoms with E-state index in [2.05, 4.69) is 9.44 Å². The summed E-state index contributed by atoms with van der Waals surface area (Å²) in [4.78, 5) is 14.1. The Kier molecular flexibility index (Phi) is 6.14. The number of benzene rings is 2. The van der Waals surface area contributed by atoms with Gasteiger partial charge in [-0.2, -0.15) is 0 Å². The average Bonchev–Trinajstić information content (AvgIpc) is 3.51. The number of methoxy groups -OCH3 is 1. The molecule has 1 fully saturated rings. The number of rotatable bonds is 8. The van der Waals surface area contributed by atoms with Crippen LogP contribution in [0.25, 0.3) is 0 Å². The summed E-state index contributed by atoms with van der Waals surface area (Å²) in [6.07, 6.45) is 2.39. The first kappa shape index (κ1) is 23.5. The molecule has 1 aliphatic carbocycles. The van der Waals surface area contributed by atoms with Gasteiger partial charge in [0, 0.05) is 24.2 Å². The predicted molar refractivity (Wildman–Crippen MR) is 124 cm³/mol. The van der Waals surface area contributed by atoms with Crippen molar-refractivity contribution in [3.63, 3.8) is 0 Å². The normalized spacial score (nSPS) is 16.1. The SMILES string of the molecule is COc1ccc(S(=O)(=O)NC(C)C)cc1NS(=O)(=O)c1ccc2c(c1)CCN2C(=O)C1CC1. The Balaban J connectivity index is 1.63. The zero-order valence-corrected chi connectivity index (χ0v) is 20.3. The summed E-state index contributed by atoms with van der Waals surface area (Å²) in [5.74, 6) is 0.368. The Bertz CT molecular complexity index is 1300. The fourth-order valence-electron chi connectivity index (χ4n) is 3.84. The van der Waals surface area contributed by atoms with Gasteiger partial charge in [-0.1, -0.05) is 0 Å². The minimum atomic E-state index is -4.04. The lowest BCUT2D eigenvalue weighted by Crippen LogP contribution is -2.30. The number of fused-ring (bicyclic) bond motifs is 1. The lowest BCUT2D eigenvalue weighted by Gasteiger charge is -2.18. The number of hydrogen-bond acceptors (Lipinski definition) is 6. The van der Waals surface area contributed by atoms with Gasteiger partial charge in [-0.15, -0.1) is 0 Å². The summed E-state index contributed by atoms with van der Waals surface area (Å²) in [6, 6.07) is 8.32. The van der Waals surface area contributed by atoms with Crippen LogP contribution >= 0.6 is 0 Å². The zero-order chi connectivity index (χ0) is 24.0. The van der Waals surface area contributed by atoms with Gasteiger partial charge in [0.05, 0.1) is 22.6 Å². The van der Waals surface area contributed by atoms with Crippen molar-refractivity contribution in [2.45, 2.75) is 48.9 Å². The van der Waals surface area contributed by atoms with E-state index in [0.29, 0.717) is 13.0 Å². The Morgan fingerprint density at radius 1 is 1.03 bits per heavy atom. The number of anilines is 2. The molecule has 4 rings (SSSR count). The summed E-state index contributed by atoms with van der Waals surface area (Å²) >= 11 is 0. The second-order valence-electron chi connectivity index (χ2n) is 8.55. The molecule has 1 aliphatic heterocycles. The Hall–Kier alpha value is -2.63. The van der Waals surface area contributed by atoms with Crippen LogP contribution in [-0.2, 0) is 31.3 Å². The van der Waals surface area contributed by atoms with E-state index in [1.54, 1.807) is 30.9 Å². The summed E-state index contributed by atoms with van der Waals surface area (Å²) < 4.78 is 61.5. The fraction of sp³-hybridized carbons (Fsp3) is 0.409. The van der Waals surface area contributed by atoms with Crippen molar-refractivity contribution in [2.75, 3.05) is 23.3 Å². The van der Waals surface area contributed by atoms with Crippen molar-refractivity contribution in [3.05, 3.63) is 42.0 Å². The molecule has 0 atom stereocenters. The molecule has 0 bridgehead atoms. The predicted octanol–water partition coefficient (Wildman–Crippen LogP) is 2.48. The van der Waals surface area contributed by atoms with Gasteiger partial charge < -0.3 is 9.64 Å². The number of amides is 1. The van der Waals surface area contributed by atoms with E-state index in [9.17, 15) is 21.6 Å². The molecular weight excluding hydrogens is 466 g/mol. The second-order valence-corrected chi connectivity index (χ2v) is 11.9. The summed E-state index contributed by atoms with van der Waals surface area (Å²) in [5.41, 5.74) is 1.54. The van der Waals surface area contributed by atoms with Gasteiger partial charge in [-0.3, -0.25) is 9.52 Å². The molecule has 178 valence electrons. The van der Waals surface area contributed by atoms with Gasteiger partial charge in [0.25, 0.3) is 10.0 Å². The third kappa shape index (κ3) is 4.85. The number of sulfonamides is 2. The van der Waals surface area contributed by atoms with Crippen molar-refractivity contribution in [1.82, 2.24) is 4.72 Å². The van der Waals surface area contributed by atoms with Gasteiger partial charge in [-0.25, -0.2) is 21.6 Å². The molecule has 33 heavy (non-hydrogen) atoms. The van der Waals surface area contributed by atoms with Crippen LogP contribution in [0.4, 0.5) is 11.4 Å². The van der Waals surface area contributed by atoms with Crippen LogP contribution in [0, 0.1) is 5.92 Å². The first-order valence-corrected chi connectivity index (χ1v) is 13.7. The fourth-order valence-corrected chi connectivity index (χ4v) is 6.23. The third-order valence-corrected chi connectivity index (χ3v) is 8.59. The van der Waals surface area contributed by atoms with E-state index in [-0.39, 0.29) is 39.1 Å². The molecule has 2 aliphatic rings. The second kappa shape index (κ2) is 8.62. The van der Waals surface area contributed by atoms with Crippen molar-refractivity contribution in [3.8, 4) is 5.75 Å². The average molecular weight is 494 g/mol. The largest absolute Gasteiger partial charge is 0.495 e. The Morgan fingerprint density at radius 2 is 1.70 bits per heavy atom. The van der Waals surface area contributed by atoms with Gasteiger partial charge >= 0.3 is 0 Å². The highest BCUT2D eigenvalue weighted by molar-refractivity contribution is 7.92. The molecule has 1 saturated carbocycles. The van der Waals surface area contributed by atoms with E-state index in [4.69, 9.17) is 4.74 Å². The molecule has 0 aromatic heterocycles. The van der Waals surface area contributed by atoms with Gasteiger partial charge in [0.15, 0.2) is 0 Å². The number of carbonyl (C=O) groups is 1. The van der Waals surface area contributed by atoms with Crippen molar-refractivity contribution < 1.29 is 26.4 Å². The molecule has 2 aromatic rings. The van der Waals surface area contributed by atoms with Crippen LogP contribution in [0.3, 0.4) is 0 Å². The highest BCUT2D eigenvalue weighted by Gasteiger charge is 2.36. The van der Waals surface area contributed by atoms with E-state index in [1.165, 1.54) is 31.4 Å². The maximum absolute atomic E-state index is 13.1. The zero-order valence-electron chi connectivity index (χ0n) is 18.7. The Labute approximate surface area is 194 Å². The molecule has 0 spiro atoms. The van der Waals surface area contributed by atoms with E-state index >= 15 is 0 Å².